The molecule has 0 aliphatic heterocycles. The van der Waals surface area contributed by atoms with Gasteiger partial charge in [0.2, 0.25) is 0 Å². The fraction of sp³-hybridized carbons (Fsp3) is 0.154. The van der Waals surface area contributed by atoms with E-state index in [1.165, 1.54) is 18.4 Å². The number of aryl methyl sites for hydroxylation is 1. The number of ether oxygens (including phenoxy) is 3. The van der Waals surface area contributed by atoms with E-state index >= 15 is 0 Å². The van der Waals surface area contributed by atoms with E-state index in [0.29, 0.717) is 21.9 Å². The second kappa shape index (κ2) is 9.75. The fourth-order valence-corrected chi connectivity index (χ4v) is 4.32. The lowest BCUT2D eigenvalue weighted by Gasteiger charge is -2.13. The Morgan fingerprint density at radius 1 is 0.939 bits per heavy atom. The predicted octanol–water partition coefficient (Wildman–Crippen LogP) is 5.84. The van der Waals surface area contributed by atoms with Crippen molar-refractivity contribution in [2.24, 2.45) is 0 Å². The van der Waals surface area contributed by atoms with Gasteiger partial charge in [-0.2, -0.15) is 0 Å². The number of anilines is 1. The zero-order valence-corrected chi connectivity index (χ0v) is 19.3. The van der Waals surface area contributed by atoms with E-state index in [-0.39, 0.29) is 18.5 Å². The molecule has 0 unspecified atom stereocenters. The Morgan fingerprint density at radius 2 is 1.73 bits per heavy atom. The third-order valence-corrected chi connectivity index (χ3v) is 6.21. The van der Waals surface area contributed by atoms with E-state index in [4.69, 9.17) is 14.2 Å². The molecule has 0 saturated heterocycles. The highest BCUT2D eigenvalue weighted by Crippen LogP contribution is 2.29. The minimum Gasteiger partial charge on any atom is -0.496 e. The first-order valence-corrected chi connectivity index (χ1v) is 11.1. The molecule has 33 heavy (non-hydrogen) atoms. The van der Waals surface area contributed by atoms with E-state index in [9.17, 15) is 9.59 Å². The molecule has 1 aromatic heterocycles. The van der Waals surface area contributed by atoms with Crippen molar-refractivity contribution in [2.45, 2.75) is 13.5 Å². The van der Waals surface area contributed by atoms with Crippen LogP contribution in [0, 0.1) is 6.92 Å². The Balaban J connectivity index is 1.51. The van der Waals surface area contributed by atoms with Crippen LogP contribution in [0.25, 0.3) is 10.1 Å². The Kier molecular flexibility index (Phi) is 6.60. The average Bonchev–Trinajstić information content (AvgIpc) is 3.26. The fourth-order valence-electron chi connectivity index (χ4n) is 3.35. The molecule has 4 rings (SSSR count). The second-order valence-electron chi connectivity index (χ2n) is 7.44. The monoisotopic (exact) mass is 461 g/mol. The van der Waals surface area contributed by atoms with Gasteiger partial charge in [-0.25, -0.2) is 4.79 Å². The Labute approximate surface area is 195 Å². The van der Waals surface area contributed by atoms with E-state index in [0.717, 1.165) is 27.0 Å². The van der Waals surface area contributed by atoms with Crippen molar-refractivity contribution < 1.29 is 23.8 Å². The van der Waals surface area contributed by atoms with Crippen LogP contribution >= 0.6 is 11.3 Å². The summed E-state index contributed by atoms with van der Waals surface area (Å²) >= 11 is 1.35. The molecule has 1 heterocycles. The molecule has 0 atom stereocenters. The third kappa shape index (κ3) is 5.15. The number of amides is 1. The molecule has 3 aromatic carbocycles. The van der Waals surface area contributed by atoms with Gasteiger partial charge in [-0.1, -0.05) is 17.7 Å². The van der Waals surface area contributed by atoms with Crippen molar-refractivity contribution in [3.05, 3.63) is 88.3 Å². The summed E-state index contributed by atoms with van der Waals surface area (Å²) in [7, 11) is 2.94. The first-order valence-electron chi connectivity index (χ1n) is 10.3. The Morgan fingerprint density at radius 3 is 2.45 bits per heavy atom. The van der Waals surface area contributed by atoms with Crippen LogP contribution in [0.4, 0.5) is 5.69 Å². The summed E-state index contributed by atoms with van der Waals surface area (Å²) in [4.78, 5) is 25.2. The highest BCUT2D eigenvalue weighted by atomic mass is 32.1. The zero-order chi connectivity index (χ0) is 23.4. The number of hydrogen-bond acceptors (Lipinski definition) is 6. The van der Waals surface area contributed by atoms with Gasteiger partial charge in [0.05, 0.1) is 14.2 Å². The van der Waals surface area contributed by atoms with E-state index < -0.39 is 0 Å². The normalized spacial score (nSPS) is 10.6. The lowest BCUT2D eigenvalue weighted by molar-refractivity contribution is 0.0606. The molecular weight excluding hydrogens is 438 g/mol. The number of benzene rings is 3. The topological polar surface area (TPSA) is 73.9 Å². The van der Waals surface area contributed by atoms with Gasteiger partial charge < -0.3 is 19.5 Å². The lowest BCUT2D eigenvalue weighted by atomic mass is 10.1. The number of thiophene rings is 1. The minimum absolute atomic E-state index is 0.253. The predicted molar refractivity (Wildman–Crippen MR) is 130 cm³/mol. The van der Waals surface area contributed by atoms with E-state index in [2.05, 4.69) is 5.32 Å². The molecule has 0 saturated carbocycles. The van der Waals surface area contributed by atoms with Crippen LogP contribution < -0.4 is 14.8 Å². The third-order valence-electron chi connectivity index (χ3n) is 5.12. The maximum absolute atomic E-state index is 12.9. The summed E-state index contributed by atoms with van der Waals surface area (Å²) in [5.41, 5.74) is 3.04. The largest absolute Gasteiger partial charge is 0.496 e. The molecule has 4 aromatic rings. The van der Waals surface area contributed by atoms with Crippen molar-refractivity contribution >= 4 is 39.0 Å². The molecule has 0 fully saturated rings. The van der Waals surface area contributed by atoms with Crippen molar-refractivity contribution in [1.82, 2.24) is 0 Å². The van der Waals surface area contributed by atoms with Crippen LogP contribution in [0.1, 0.15) is 31.2 Å². The van der Waals surface area contributed by atoms with Gasteiger partial charge in [-0.15, -0.1) is 11.3 Å². The number of hydrogen-bond donors (Lipinski definition) is 1. The number of nitrogens with one attached hydrogen (secondary N) is 1. The molecule has 0 radical (unpaired) electrons. The quantitative estimate of drug-likeness (QED) is 0.350. The van der Waals surface area contributed by atoms with Gasteiger partial charge in [0, 0.05) is 21.5 Å². The number of carbonyl (C=O) groups is 2. The average molecular weight is 462 g/mol. The zero-order valence-electron chi connectivity index (χ0n) is 18.5. The molecule has 168 valence electrons. The minimum atomic E-state index is -0.375. The summed E-state index contributed by atoms with van der Waals surface area (Å²) in [6, 6.07) is 20.3. The number of esters is 1. The van der Waals surface area contributed by atoms with Crippen molar-refractivity contribution in [3.63, 3.8) is 0 Å². The maximum atomic E-state index is 12.9. The van der Waals surface area contributed by atoms with Crippen molar-refractivity contribution in [2.75, 3.05) is 19.5 Å². The smallest absolute Gasteiger partial charge is 0.348 e. The molecule has 0 bridgehead atoms. The summed E-state index contributed by atoms with van der Waals surface area (Å²) in [5.74, 6) is 0.763. The van der Waals surface area contributed by atoms with Crippen molar-refractivity contribution in [1.29, 1.82) is 0 Å². The van der Waals surface area contributed by atoms with Gasteiger partial charge >= 0.3 is 5.97 Å². The molecule has 7 heteroatoms. The lowest BCUT2D eigenvalue weighted by Crippen LogP contribution is -2.12. The van der Waals surface area contributed by atoms with E-state index in [1.807, 2.05) is 49.4 Å². The summed E-state index contributed by atoms with van der Waals surface area (Å²) in [5, 5.41) is 3.78. The van der Waals surface area contributed by atoms with Gasteiger partial charge in [-0.3, -0.25) is 4.79 Å². The highest BCUT2D eigenvalue weighted by molar-refractivity contribution is 7.20. The first kappa shape index (κ1) is 22.4. The highest BCUT2D eigenvalue weighted by Gasteiger charge is 2.14. The van der Waals surface area contributed by atoms with Crippen LogP contribution in [-0.4, -0.2) is 26.1 Å². The molecular formula is C26H23NO5S. The van der Waals surface area contributed by atoms with Gasteiger partial charge in [-0.05, 0) is 66.9 Å². The standard InChI is InChI=1S/C26H23NO5S/c1-16-4-8-21(9-5-16)32-15-19-12-17(6-10-22(19)30-2)25(28)27-20-7-11-23-18(13-20)14-24(33-23)26(29)31-3/h4-14H,15H2,1-3H3,(H,27,28). The Hall–Kier alpha value is -3.84. The number of fused-ring (bicyclic) bond motifs is 1. The maximum Gasteiger partial charge on any atom is 0.348 e. The number of carbonyl (C=O) groups excluding carboxylic acids is 2. The molecule has 1 amide bonds. The van der Waals surface area contributed by atoms with Crippen LogP contribution in [0.15, 0.2) is 66.7 Å². The summed E-state index contributed by atoms with van der Waals surface area (Å²) in [6.45, 7) is 2.29. The molecule has 0 spiro atoms. The molecule has 0 aliphatic carbocycles. The van der Waals surface area contributed by atoms with Crippen LogP contribution in [0.3, 0.4) is 0 Å². The van der Waals surface area contributed by atoms with Gasteiger partial charge in [0.15, 0.2) is 0 Å². The van der Waals surface area contributed by atoms with Gasteiger partial charge in [0.1, 0.15) is 23.0 Å². The first-order chi connectivity index (χ1) is 16.0. The SMILES string of the molecule is COC(=O)c1cc2cc(NC(=O)c3ccc(OC)c(COc4ccc(C)cc4)c3)ccc2s1. The van der Waals surface area contributed by atoms with Crippen molar-refractivity contribution in [3.8, 4) is 11.5 Å². The second-order valence-corrected chi connectivity index (χ2v) is 8.52. The number of methoxy groups -OCH3 is 2. The van der Waals surface area contributed by atoms with Crippen LogP contribution in [0.2, 0.25) is 0 Å². The van der Waals surface area contributed by atoms with Crippen LogP contribution in [0.5, 0.6) is 11.5 Å². The molecule has 6 nitrogen and oxygen atoms in total. The summed E-state index contributed by atoms with van der Waals surface area (Å²) < 4.78 is 17.0. The molecule has 1 N–H and O–H groups in total. The van der Waals surface area contributed by atoms with Gasteiger partial charge in [0.25, 0.3) is 5.91 Å². The Bertz CT molecular complexity index is 1310. The summed E-state index contributed by atoms with van der Waals surface area (Å²) in [6.07, 6.45) is 0. The van der Waals surface area contributed by atoms with E-state index in [1.54, 1.807) is 31.4 Å². The number of rotatable bonds is 7. The van der Waals surface area contributed by atoms with Crippen LogP contribution in [-0.2, 0) is 11.3 Å². The molecule has 0 aliphatic rings.